The van der Waals surface area contributed by atoms with E-state index < -0.39 is 0 Å². The Kier molecular flexibility index (Phi) is 4.73. The number of benzene rings is 1. The largest absolute Gasteiger partial charge is 0.369 e. The maximum absolute atomic E-state index is 5.25. The molecular weight excluding hydrogens is 276 g/mol. The van der Waals surface area contributed by atoms with Crippen LogP contribution in [0.5, 0.6) is 0 Å². The standard InChI is InChI=1S/C17H24N4O/c1-3-16-18-17(22-19-16)7-8-20-9-11-21(12-10-20)15-6-4-5-14(2)13-15/h4-6,13H,3,7-12H2,1-2H3. The second-order valence-electron chi connectivity index (χ2n) is 5.88. The molecule has 1 aromatic heterocycles. The molecule has 0 radical (unpaired) electrons. The molecule has 5 nitrogen and oxygen atoms in total. The average Bonchev–Trinajstić information content (AvgIpc) is 3.01. The fraction of sp³-hybridized carbons (Fsp3) is 0.529. The van der Waals surface area contributed by atoms with Gasteiger partial charge in [-0.25, -0.2) is 0 Å². The van der Waals surface area contributed by atoms with Crippen molar-refractivity contribution in [2.45, 2.75) is 26.7 Å². The molecule has 2 heterocycles. The zero-order valence-corrected chi connectivity index (χ0v) is 13.5. The van der Waals surface area contributed by atoms with Crippen molar-refractivity contribution in [3.8, 4) is 0 Å². The van der Waals surface area contributed by atoms with Gasteiger partial charge in [0.05, 0.1) is 0 Å². The number of nitrogens with zero attached hydrogens (tertiary/aromatic N) is 4. The first-order valence-corrected chi connectivity index (χ1v) is 8.10. The number of anilines is 1. The van der Waals surface area contributed by atoms with E-state index in [0.717, 1.165) is 57.3 Å². The van der Waals surface area contributed by atoms with E-state index in [0.29, 0.717) is 0 Å². The van der Waals surface area contributed by atoms with Gasteiger partial charge in [0.25, 0.3) is 0 Å². The summed E-state index contributed by atoms with van der Waals surface area (Å²) in [5.41, 5.74) is 2.66. The number of aromatic nitrogens is 2. The van der Waals surface area contributed by atoms with Gasteiger partial charge in [-0.05, 0) is 24.6 Å². The molecule has 5 heteroatoms. The summed E-state index contributed by atoms with van der Waals surface area (Å²) < 4.78 is 5.25. The first-order chi connectivity index (χ1) is 10.7. The summed E-state index contributed by atoms with van der Waals surface area (Å²) in [7, 11) is 0. The highest BCUT2D eigenvalue weighted by Crippen LogP contribution is 2.17. The second kappa shape index (κ2) is 6.92. The van der Waals surface area contributed by atoms with Crippen molar-refractivity contribution in [2.24, 2.45) is 0 Å². The van der Waals surface area contributed by atoms with Gasteiger partial charge in [0.1, 0.15) is 0 Å². The molecule has 0 atom stereocenters. The van der Waals surface area contributed by atoms with Crippen LogP contribution in [0.1, 0.15) is 24.2 Å². The quantitative estimate of drug-likeness (QED) is 0.848. The SMILES string of the molecule is CCc1noc(CCN2CCN(c3cccc(C)c3)CC2)n1. The van der Waals surface area contributed by atoms with E-state index in [-0.39, 0.29) is 0 Å². The third-order valence-electron chi connectivity index (χ3n) is 4.21. The highest BCUT2D eigenvalue weighted by molar-refractivity contribution is 5.48. The van der Waals surface area contributed by atoms with Crippen LogP contribution < -0.4 is 4.90 Å². The van der Waals surface area contributed by atoms with Gasteiger partial charge in [-0.1, -0.05) is 24.2 Å². The zero-order chi connectivity index (χ0) is 15.4. The Morgan fingerprint density at radius 1 is 1.18 bits per heavy atom. The van der Waals surface area contributed by atoms with Crippen LogP contribution in [-0.4, -0.2) is 47.8 Å². The van der Waals surface area contributed by atoms with Gasteiger partial charge < -0.3 is 9.42 Å². The number of rotatable bonds is 5. The summed E-state index contributed by atoms with van der Waals surface area (Å²) in [6.07, 6.45) is 1.68. The van der Waals surface area contributed by atoms with E-state index in [9.17, 15) is 0 Å². The van der Waals surface area contributed by atoms with Gasteiger partial charge in [-0.2, -0.15) is 4.98 Å². The minimum atomic E-state index is 0.762. The Hall–Kier alpha value is -1.88. The Bertz CT molecular complexity index is 602. The van der Waals surface area contributed by atoms with Gasteiger partial charge in [-0.3, -0.25) is 4.90 Å². The number of hydrogen-bond donors (Lipinski definition) is 0. The van der Waals surface area contributed by atoms with E-state index in [1.807, 2.05) is 6.92 Å². The summed E-state index contributed by atoms with van der Waals surface area (Å²) in [6.45, 7) is 9.51. The lowest BCUT2D eigenvalue weighted by Crippen LogP contribution is -2.47. The topological polar surface area (TPSA) is 45.4 Å². The van der Waals surface area contributed by atoms with E-state index in [4.69, 9.17) is 4.52 Å². The fourth-order valence-corrected chi connectivity index (χ4v) is 2.84. The highest BCUT2D eigenvalue weighted by atomic mass is 16.5. The van der Waals surface area contributed by atoms with Crippen molar-refractivity contribution in [3.05, 3.63) is 41.5 Å². The maximum Gasteiger partial charge on any atom is 0.227 e. The van der Waals surface area contributed by atoms with Crippen LogP contribution in [0.2, 0.25) is 0 Å². The van der Waals surface area contributed by atoms with Crippen LogP contribution in [-0.2, 0) is 12.8 Å². The van der Waals surface area contributed by atoms with Crippen molar-refractivity contribution in [1.82, 2.24) is 15.0 Å². The van der Waals surface area contributed by atoms with E-state index >= 15 is 0 Å². The molecule has 22 heavy (non-hydrogen) atoms. The lowest BCUT2D eigenvalue weighted by molar-refractivity contribution is 0.249. The van der Waals surface area contributed by atoms with Crippen LogP contribution in [0.4, 0.5) is 5.69 Å². The molecule has 0 aliphatic carbocycles. The maximum atomic E-state index is 5.25. The minimum absolute atomic E-state index is 0.762. The molecule has 0 unspecified atom stereocenters. The first-order valence-electron chi connectivity index (χ1n) is 8.10. The van der Waals surface area contributed by atoms with Gasteiger partial charge >= 0.3 is 0 Å². The number of piperazine rings is 1. The Balaban J connectivity index is 1.47. The third kappa shape index (κ3) is 3.65. The molecule has 0 spiro atoms. The molecule has 1 aromatic carbocycles. The molecule has 1 aliphatic heterocycles. The van der Waals surface area contributed by atoms with Gasteiger partial charge in [0.15, 0.2) is 5.82 Å². The van der Waals surface area contributed by atoms with Crippen molar-refractivity contribution in [1.29, 1.82) is 0 Å². The Labute approximate surface area is 131 Å². The third-order valence-corrected chi connectivity index (χ3v) is 4.21. The minimum Gasteiger partial charge on any atom is -0.369 e. The molecule has 1 aliphatic rings. The van der Waals surface area contributed by atoms with Crippen molar-refractivity contribution in [3.63, 3.8) is 0 Å². The highest BCUT2D eigenvalue weighted by Gasteiger charge is 2.17. The number of hydrogen-bond acceptors (Lipinski definition) is 5. The monoisotopic (exact) mass is 300 g/mol. The van der Waals surface area contributed by atoms with Crippen LogP contribution in [0, 0.1) is 6.92 Å². The predicted molar refractivity (Wildman–Crippen MR) is 87.2 cm³/mol. The normalized spacial score (nSPS) is 16.2. The van der Waals surface area contributed by atoms with Crippen molar-refractivity contribution >= 4 is 5.69 Å². The molecule has 0 amide bonds. The molecular formula is C17H24N4O. The van der Waals surface area contributed by atoms with E-state index in [2.05, 4.69) is 51.1 Å². The van der Waals surface area contributed by atoms with Crippen LogP contribution in [0.25, 0.3) is 0 Å². The van der Waals surface area contributed by atoms with Crippen LogP contribution >= 0.6 is 0 Å². The van der Waals surface area contributed by atoms with Gasteiger partial charge in [-0.15, -0.1) is 0 Å². The second-order valence-corrected chi connectivity index (χ2v) is 5.88. The van der Waals surface area contributed by atoms with Crippen LogP contribution in [0.3, 0.4) is 0 Å². The summed E-state index contributed by atoms with van der Waals surface area (Å²) in [4.78, 5) is 9.31. The Morgan fingerprint density at radius 2 is 2.00 bits per heavy atom. The van der Waals surface area contributed by atoms with Crippen molar-refractivity contribution < 1.29 is 4.52 Å². The molecule has 0 bridgehead atoms. The predicted octanol–water partition coefficient (Wildman–Crippen LogP) is 2.31. The van der Waals surface area contributed by atoms with Gasteiger partial charge in [0.2, 0.25) is 5.89 Å². The molecule has 3 rings (SSSR count). The average molecular weight is 300 g/mol. The van der Waals surface area contributed by atoms with Crippen molar-refractivity contribution in [2.75, 3.05) is 37.6 Å². The molecule has 118 valence electrons. The first kappa shape index (κ1) is 15.0. The summed E-state index contributed by atoms with van der Waals surface area (Å²) in [5, 5.41) is 3.95. The molecule has 1 fully saturated rings. The lowest BCUT2D eigenvalue weighted by Gasteiger charge is -2.36. The fourth-order valence-electron chi connectivity index (χ4n) is 2.84. The zero-order valence-electron chi connectivity index (χ0n) is 13.5. The lowest BCUT2D eigenvalue weighted by atomic mass is 10.2. The summed E-state index contributed by atoms with van der Waals surface area (Å²) in [6, 6.07) is 8.75. The van der Waals surface area contributed by atoms with E-state index in [1.54, 1.807) is 0 Å². The van der Waals surface area contributed by atoms with Crippen LogP contribution in [0.15, 0.2) is 28.8 Å². The Morgan fingerprint density at radius 3 is 2.68 bits per heavy atom. The summed E-state index contributed by atoms with van der Waals surface area (Å²) in [5.74, 6) is 1.57. The number of aryl methyl sites for hydroxylation is 2. The molecule has 0 saturated carbocycles. The molecule has 1 saturated heterocycles. The molecule has 0 N–H and O–H groups in total. The van der Waals surface area contributed by atoms with Gasteiger partial charge in [0, 0.05) is 51.3 Å². The smallest absolute Gasteiger partial charge is 0.227 e. The summed E-state index contributed by atoms with van der Waals surface area (Å²) >= 11 is 0. The van der Waals surface area contributed by atoms with E-state index in [1.165, 1.54) is 11.3 Å². The molecule has 2 aromatic rings.